The van der Waals surface area contributed by atoms with Crippen molar-refractivity contribution in [3.05, 3.63) is 30.3 Å². The van der Waals surface area contributed by atoms with Crippen LogP contribution in [0.1, 0.15) is 20.3 Å². The van der Waals surface area contributed by atoms with Crippen LogP contribution in [-0.2, 0) is 15.5 Å². The van der Waals surface area contributed by atoms with Crippen LogP contribution < -0.4 is 10.6 Å². The number of hydrogen-bond acceptors (Lipinski definition) is 3. The van der Waals surface area contributed by atoms with Gasteiger partial charge in [0.15, 0.2) is 0 Å². The van der Waals surface area contributed by atoms with Crippen LogP contribution in [0.4, 0.5) is 4.79 Å². The van der Waals surface area contributed by atoms with E-state index < -0.39 is 10.8 Å². The Morgan fingerprint density at radius 3 is 2.83 bits per heavy atom. The first kappa shape index (κ1) is 16.5. The van der Waals surface area contributed by atoms with E-state index in [0.717, 1.165) is 17.9 Å². The molecule has 2 aliphatic rings. The van der Waals surface area contributed by atoms with Crippen molar-refractivity contribution < 1.29 is 13.7 Å². The predicted molar refractivity (Wildman–Crippen MR) is 89.7 cm³/mol. The van der Waals surface area contributed by atoms with E-state index >= 15 is 0 Å². The Morgan fingerprint density at radius 1 is 1.35 bits per heavy atom. The highest BCUT2D eigenvalue weighted by Gasteiger charge is 2.59. The van der Waals surface area contributed by atoms with Gasteiger partial charge in [-0.25, -0.2) is 4.79 Å². The molecule has 1 saturated heterocycles. The third kappa shape index (κ3) is 3.28. The summed E-state index contributed by atoms with van der Waals surface area (Å²) < 4.78 is 17.8. The Morgan fingerprint density at radius 2 is 2.09 bits per heavy atom. The lowest BCUT2D eigenvalue weighted by molar-refractivity contribution is -0.108. The molecule has 126 valence electrons. The SMILES string of the molecule is CC1(C)[C@H](NC(=O)NCC[S@](=O)c2ccccc2)[C@H]2CCO[C@H]21. The summed E-state index contributed by atoms with van der Waals surface area (Å²) in [5.41, 5.74) is -0.0225. The van der Waals surface area contributed by atoms with Crippen LogP contribution in [0.3, 0.4) is 0 Å². The van der Waals surface area contributed by atoms with Crippen molar-refractivity contribution in [3.63, 3.8) is 0 Å². The number of carbonyl (C=O) groups excluding carboxylic acids is 1. The highest BCUT2D eigenvalue weighted by molar-refractivity contribution is 7.85. The Labute approximate surface area is 139 Å². The zero-order valence-electron chi connectivity index (χ0n) is 13.6. The van der Waals surface area contributed by atoms with Crippen LogP contribution in [0.2, 0.25) is 0 Å². The summed E-state index contributed by atoms with van der Waals surface area (Å²) in [7, 11) is -1.08. The van der Waals surface area contributed by atoms with Gasteiger partial charge in [0.2, 0.25) is 0 Å². The quantitative estimate of drug-likeness (QED) is 0.863. The highest BCUT2D eigenvalue weighted by atomic mass is 32.2. The molecule has 5 nitrogen and oxygen atoms in total. The van der Waals surface area contributed by atoms with Gasteiger partial charge in [-0.15, -0.1) is 0 Å². The Hall–Kier alpha value is -1.40. The fraction of sp³-hybridized carbons (Fsp3) is 0.588. The number of ether oxygens (including phenoxy) is 1. The fourth-order valence-corrected chi connectivity index (χ4v) is 4.74. The maximum Gasteiger partial charge on any atom is 0.315 e. The molecule has 1 aliphatic carbocycles. The lowest BCUT2D eigenvalue weighted by Gasteiger charge is -2.54. The number of nitrogens with one attached hydrogen (secondary N) is 2. The maximum absolute atomic E-state index is 12.1. The molecule has 0 radical (unpaired) electrons. The van der Waals surface area contributed by atoms with Crippen LogP contribution in [-0.4, -0.2) is 41.3 Å². The predicted octanol–water partition coefficient (Wildman–Crippen LogP) is 1.91. The fourth-order valence-electron chi connectivity index (χ4n) is 3.76. The third-order valence-electron chi connectivity index (χ3n) is 4.97. The van der Waals surface area contributed by atoms with E-state index in [0.29, 0.717) is 18.2 Å². The Balaban J connectivity index is 1.43. The maximum atomic E-state index is 12.1. The van der Waals surface area contributed by atoms with E-state index in [4.69, 9.17) is 4.74 Å². The molecule has 0 bridgehead atoms. The zero-order valence-corrected chi connectivity index (χ0v) is 14.4. The van der Waals surface area contributed by atoms with Gasteiger partial charge in [0.25, 0.3) is 0 Å². The molecule has 0 aromatic heterocycles. The smallest absolute Gasteiger partial charge is 0.315 e. The summed E-state index contributed by atoms with van der Waals surface area (Å²) in [6, 6.07) is 9.28. The van der Waals surface area contributed by atoms with Gasteiger partial charge in [0.05, 0.1) is 16.9 Å². The standard InChI is InChI=1S/C17H24N2O3S/c1-17(2)14(13-8-10-22-15(13)17)19-16(20)18-9-11-23(21)12-6-4-3-5-7-12/h3-7,13-15H,8-11H2,1-2H3,(H2,18,19,20)/t13-,14-,15-,23+/m1/s1. The highest BCUT2D eigenvalue weighted by Crippen LogP contribution is 2.51. The largest absolute Gasteiger partial charge is 0.377 e. The molecule has 1 aromatic rings. The van der Waals surface area contributed by atoms with Crippen molar-refractivity contribution in [2.24, 2.45) is 11.3 Å². The summed E-state index contributed by atoms with van der Waals surface area (Å²) in [5.74, 6) is 0.843. The molecule has 0 spiro atoms. The Kier molecular flexibility index (Phi) is 4.73. The number of carbonyl (C=O) groups is 1. The number of amides is 2. The molecule has 1 heterocycles. The number of fused-ring (bicyclic) bond motifs is 1. The van der Waals surface area contributed by atoms with Gasteiger partial charge in [0, 0.05) is 41.2 Å². The van der Waals surface area contributed by atoms with Crippen LogP contribution in [0.5, 0.6) is 0 Å². The first-order valence-electron chi connectivity index (χ1n) is 8.09. The van der Waals surface area contributed by atoms with Crippen LogP contribution in [0, 0.1) is 11.3 Å². The van der Waals surface area contributed by atoms with Gasteiger partial charge in [-0.2, -0.15) is 0 Å². The zero-order chi connectivity index (χ0) is 16.4. The van der Waals surface area contributed by atoms with Crippen LogP contribution in [0.15, 0.2) is 35.2 Å². The van der Waals surface area contributed by atoms with Gasteiger partial charge in [0.1, 0.15) is 0 Å². The lowest BCUT2D eigenvalue weighted by Crippen LogP contribution is -2.67. The molecule has 2 N–H and O–H groups in total. The first-order valence-corrected chi connectivity index (χ1v) is 9.41. The molecular weight excluding hydrogens is 312 g/mol. The third-order valence-corrected chi connectivity index (χ3v) is 6.34. The number of urea groups is 1. The van der Waals surface area contributed by atoms with Gasteiger partial charge >= 0.3 is 6.03 Å². The van der Waals surface area contributed by atoms with Gasteiger partial charge < -0.3 is 15.4 Å². The summed E-state index contributed by atoms with van der Waals surface area (Å²) >= 11 is 0. The molecule has 6 heteroatoms. The minimum Gasteiger partial charge on any atom is -0.377 e. The normalized spacial score (nSPS) is 29.2. The van der Waals surface area contributed by atoms with Gasteiger partial charge in [-0.05, 0) is 18.6 Å². The van der Waals surface area contributed by atoms with E-state index in [2.05, 4.69) is 24.5 Å². The second kappa shape index (κ2) is 6.61. The molecular formula is C17H24N2O3S. The van der Waals surface area contributed by atoms with Crippen molar-refractivity contribution in [1.82, 2.24) is 10.6 Å². The average Bonchev–Trinajstić information content (AvgIpc) is 3.00. The van der Waals surface area contributed by atoms with Crippen LogP contribution >= 0.6 is 0 Å². The molecule has 4 atom stereocenters. The van der Waals surface area contributed by atoms with Crippen LogP contribution in [0.25, 0.3) is 0 Å². The minimum absolute atomic E-state index is 0.0225. The Bertz CT molecular complexity index is 591. The molecule has 0 unspecified atom stereocenters. The van der Waals surface area contributed by atoms with Gasteiger partial charge in [-0.1, -0.05) is 32.0 Å². The van der Waals surface area contributed by atoms with Crippen molar-refractivity contribution >= 4 is 16.8 Å². The molecule has 1 saturated carbocycles. The van der Waals surface area contributed by atoms with Crippen molar-refractivity contribution in [2.45, 2.75) is 37.3 Å². The molecule has 1 aliphatic heterocycles. The van der Waals surface area contributed by atoms with Gasteiger partial charge in [-0.3, -0.25) is 4.21 Å². The van der Waals surface area contributed by atoms with E-state index in [9.17, 15) is 9.00 Å². The summed E-state index contributed by atoms with van der Waals surface area (Å²) in [5, 5.41) is 5.88. The monoisotopic (exact) mass is 336 g/mol. The topological polar surface area (TPSA) is 67.4 Å². The lowest BCUT2D eigenvalue weighted by atomic mass is 9.57. The van der Waals surface area contributed by atoms with Crippen molar-refractivity contribution in [3.8, 4) is 0 Å². The van der Waals surface area contributed by atoms with Crippen molar-refractivity contribution in [2.75, 3.05) is 18.9 Å². The van der Waals surface area contributed by atoms with E-state index in [1.54, 1.807) is 0 Å². The number of hydrogen-bond donors (Lipinski definition) is 2. The second-order valence-corrected chi connectivity index (χ2v) is 8.38. The summed E-state index contributed by atoms with van der Waals surface area (Å²) in [6.45, 7) is 5.45. The number of rotatable bonds is 5. The molecule has 23 heavy (non-hydrogen) atoms. The molecule has 2 amide bonds. The van der Waals surface area contributed by atoms with E-state index in [1.807, 2.05) is 30.3 Å². The van der Waals surface area contributed by atoms with E-state index in [1.165, 1.54) is 0 Å². The first-order chi connectivity index (χ1) is 11.0. The molecule has 2 fully saturated rings. The summed E-state index contributed by atoms with van der Waals surface area (Å²) in [6.07, 6.45) is 1.27. The van der Waals surface area contributed by atoms with E-state index in [-0.39, 0.29) is 23.6 Å². The second-order valence-electron chi connectivity index (χ2n) is 6.81. The number of benzene rings is 1. The molecule has 1 aromatic carbocycles. The summed E-state index contributed by atoms with van der Waals surface area (Å²) in [4.78, 5) is 12.9. The average molecular weight is 336 g/mol. The molecule has 3 rings (SSSR count). The van der Waals surface area contributed by atoms with Crippen molar-refractivity contribution in [1.29, 1.82) is 0 Å². The minimum atomic E-state index is -1.08.